The first-order valence-electron chi connectivity index (χ1n) is 9.25. The van der Waals surface area contributed by atoms with E-state index in [2.05, 4.69) is 34.4 Å². The quantitative estimate of drug-likeness (QED) is 0.717. The number of aromatic nitrogens is 2. The Labute approximate surface area is 153 Å². The van der Waals surface area contributed by atoms with Crippen molar-refractivity contribution >= 4 is 16.8 Å². The molecule has 1 amide bonds. The Hall–Kier alpha value is -2.69. The number of amides is 1. The first-order chi connectivity index (χ1) is 12.7. The summed E-state index contributed by atoms with van der Waals surface area (Å²) >= 11 is 0. The van der Waals surface area contributed by atoms with Crippen LogP contribution in [0.25, 0.3) is 10.9 Å². The number of fused-ring (bicyclic) bond motifs is 1. The topological polar surface area (TPSA) is 59.2 Å². The number of rotatable bonds is 3. The smallest absolute Gasteiger partial charge is 0.276 e. The third kappa shape index (κ3) is 3.62. The van der Waals surface area contributed by atoms with Gasteiger partial charge in [-0.1, -0.05) is 17.3 Å². The molecule has 5 nitrogen and oxygen atoms in total. The van der Waals surface area contributed by atoms with Crippen LogP contribution in [-0.4, -0.2) is 34.0 Å². The van der Waals surface area contributed by atoms with E-state index in [0.29, 0.717) is 17.4 Å². The maximum atomic E-state index is 12.6. The third-order valence-corrected chi connectivity index (χ3v) is 5.17. The molecule has 26 heavy (non-hydrogen) atoms. The fraction of sp³-hybridized carbons (Fsp3) is 0.381. The summed E-state index contributed by atoms with van der Waals surface area (Å²) in [4.78, 5) is 18.9. The lowest BCUT2D eigenvalue weighted by Crippen LogP contribution is -2.32. The number of aryl methyl sites for hydroxylation is 1. The van der Waals surface area contributed by atoms with Crippen molar-refractivity contribution in [1.29, 1.82) is 0 Å². The normalized spacial score (nSPS) is 18.0. The maximum Gasteiger partial charge on any atom is 0.276 e. The summed E-state index contributed by atoms with van der Waals surface area (Å²) < 4.78 is 5.04. The molecular weight excluding hydrogens is 326 g/mol. The van der Waals surface area contributed by atoms with Gasteiger partial charge >= 0.3 is 0 Å². The van der Waals surface area contributed by atoms with Gasteiger partial charge in [-0.3, -0.25) is 9.78 Å². The lowest BCUT2D eigenvalue weighted by molar-refractivity contribution is 0.0749. The van der Waals surface area contributed by atoms with Crippen molar-refractivity contribution in [3.8, 4) is 0 Å². The van der Waals surface area contributed by atoms with Gasteiger partial charge in [-0.05, 0) is 62.3 Å². The molecule has 1 atom stereocenters. The van der Waals surface area contributed by atoms with Crippen molar-refractivity contribution in [2.75, 3.05) is 13.1 Å². The van der Waals surface area contributed by atoms with Crippen molar-refractivity contribution < 1.29 is 9.32 Å². The summed E-state index contributed by atoms with van der Waals surface area (Å²) in [7, 11) is 0. The van der Waals surface area contributed by atoms with E-state index < -0.39 is 0 Å². The average Bonchev–Trinajstić information content (AvgIpc) is 2.96. The monoisotopic (exact) mass is 349 g/mol. The molecule has 0 radical (unpaired) electrons. The van der Waals surface area contributed by atoms with E-state index in [1.165, 1.54) is 10.9 Å². The maximum absolute atomic E-state index is 12.6. The van der Waals surface area contributed by atoms with Crippen LogP contribution in [0.1, 0.15) is 41.1 Å². The number of pyridine rings is 1. The van der Waals surface area contributed by atoms with Gasteiger partial charge in [0.25, 0.3) is 5.91 Å². The van der Waals surface area contributed by atoms with Crippen LogP contribution in [0.5, 0.6) is 0 Å². The number of carbonyl (C=O) groups excluding carboxylic acids is 1. The predicted molar refractivity (Wildman–Crippen MR) is 99.9 cm³/mol. The fourth-order valence-electron chi connectivity index (χ4n) is 3.79. The Balaban J connectivity index is 1.40. The van der Waals surface area contributed by atoms with Crippen molar-refractivity contribution in [2.24, 2.45) is 5.92 Å². The number of likely N-dealkylation sites (tertiary alicyclic amines) is 1. The molecule has 3 heterocycles. The van der Waals surface area contributed by atoms with Crippen molar-refractivity contribution in [1.82, 2.24) is 15.0 Å². The summed E-state index contributed by atoms with van der Waals surface area (Å²) in [6.45, 7) is 3.38. The molecule has 1 aromatic carbocycles. The van der Waals surface area contributed by atoms with Crippen molar-refractivity contribution in [3.63, 3.8) is 0 Å². The van der Waals surface area contributed by atoms with Gasteiger partial charge in [-0.2, -0.15) is 0 Å². The van der Waals surface area contributed by atoms with Crippen LogP contribution >= 0.6 is 0 Å². The molecule has 1 aliphatic rings. The molecule has 1 saturated heterocycles. The van der Waals surface area contributed by atoms with Gasteiger partial charge in [0, 0.05) is 30.7 Å². The van der Waals surface area contributed by atoms with Gasteiger partial charge in [0.2, 0.25) is 0 Å². The number of benzene rings is 1. The minimum absolute atomic E-state index is 0.0146. The second-order valence-electron chi connectivity index (χ2n) is 7.15. The molecule has 2 aromatic heterocycles. The minimum Gasteiger partial charge on any atom is -0.361 e. The molecular formula is C21H23N3O2. The Morgan fingerprint density at radius 3 is 3.00 bits per heavy atom. The number of hydrogen-bond donors (Lipinski definition) is 0. The highest BCUT2D eigenvalue weighted by molar-refractivity contribution is 5.92. The van der Waals surface area contributed by atoms with Gasteiger partial charge in [0.15, 0.2) is 5.69 Å². The molecule has 0 spiro atoms. The average molecular weight is 349 g/mol. The minimum atomic E-state index is -0.0146. The highest BCUT2D eigenvalue weighted by Crippen LogP contribution is 2.24. The summed E-state index contributed by atoms with van der Waals surface area (Å²) in [5.41, 5.74) is 2.81. The molecule has 3 aromatic rings. The molecule has 1 fully saturated rings. The highest BCUT2D eigenvalue weighted by Gasteiger charge is 2.23. The highest BCUT2D eigenvalue weighted by atomic mass is 16.5. The number of hydrogen-bond acceptors (Lipinski definition) is 4. The standard InChI is InChI=1S/C21H23N3O2/c1-15-12-20(23-26-15)21(25)24-10-3-4-16(8-11-24)13-17-6-7-19-18(14-17)5-2-9-22-19/h2,5-7,9,12,14,16H,3-4,8,10-11,13H2,1H3/t16-/m1/s1. The van der Waals surface area contributed by atoms with E-state index in [4.69, 9.17) is 4.52 Å². The van der Waals surface area contributed by atoms with Gasteiger partial charge in [0.1, 0.15) is 5.76 Å². The lowest BCUT2D eigenvalue weighted by Gasteiger charge is -2.19. The summed E-state index contributed by atoms with van der Waals surface area (Å²) in [5, 5.41) is 5.06. The summed E-state index contributed by atoms with van der Waals surface area (Å²) in [6.07, 6.45) is 6.08. The molecule has 0 aliphatic carbocycles. The Morgan fingerprint density at radius 2 is 2.15 bits per heavy atom. The van der Waals surface area contributed by atoms with Crippen molar-refractivity contribution in [2.45, 2.75) is 32.6 Å². The zero-order valence-electron chi connectivity index (χ0n) is 15.0. The van der Waals surface area contributed by atoms with Gasteiger partial charge in [0.05, 0.1) is 5.52 Å². The van der Waals surface area contributed by atoms with Crippen molar-refractivity contribution in [3.05, 3.63) is 59.6 Å². The van der Waals surface area contributed by atoms with E-state index >= 15 is 0 Å². The van der Waals surface area contributed by atoms with Gasteiger partial charge < -0.3 is 9.42 Å². The third-order valence-electron chi connectivity index (χ3n) is 5.17. The second-order valence-corrected chi connectivity index (χ2v) is 7.15. The predicted octanol–water partition coefficient (Wildman–Crippen LogP) is 4.02. The van der Waals surface area contributed by atoms with E-state index in [0.717, 1.165) is 44.3 Å². The molecule has 1 aliphatic heterocycles. The van der Waals surface area contributed by atoms with Gasteiger partial charge in [-0.25, -0.2) is 0 Å². The van der Waals surface area contributed by atoms with Crippen LogP contribution in [0, 0.1) is 12.8 Å². The molecule has 5 heteroatoms. The molecule has 134 valence electrons. The molecule has 0 saturated carbocycles. The van der Waals surface area contributed by atoms with E-state index in [-0.39, 0.29) is 5.91 Å². The molecule has 0 N–H and O–H groups in total. The first-order valence-corrected chi connectivity index (χ1v) is 9.25. The zero-order valence-corrected chi connectivity index (χ0v) is 15.0. The van der Waals surface area contributed by atoms with E-state index in [1.807, 2.05) is 17.2 Å². The Morgan fingerprint density at radius 1 is 1.23 bits per heavy atom. The van der Waals surface area contributed by atoms with Crippen LogP contribution < -0.4 is 0 Å². The lowest BCUT2D eigenvalue weighted by atomic mass is 9.92. The first kappa shape index (κ1) is 16.8. The van der Waals surface area contributed by atoms with E-state index in [9.17, 15) is 4.79 Å². The van der Waals surface area contributed by atoms with E-state index in [1.54, 1.807) is 13.0 Å². The fourth-order valence-corrected chi connectivity index (χ4v) is 3.79. The second kappa shape index (κ2) is 7.28. The number of nitrogens with zero attached hydrogens (tertiary/aromatic N) is 3. The van der Waals surface area contributed by atoms with Crippen LogP contribution in [0.15, 0.2) is 47.1 Å². The largest absolute Gasteiger partial charge is 0.361 e. The molecule has 4 rings (SSSR count). The van der Waals surface area contributed by atoms with Crippen LogP contribution in [0.3, 0.4) is 0 Å². The molecule has 0 bridgehead atoms. The zero-order chi connectivity index (χ0) is 17.9. The summed E-state index contributed by atoms with van der Waals surface area (Å²) in [6, 6.07) is 12.3. The van der Waals surface area contributed by atoms with Crippen LogP contribution in [-0.2, 0) is 6.42 Å². The van der Waals surface area contributed by atoms with Crippen LogP contribution in [0.4, 0.5) is 0 Å². The Bertz CT molecular complexity index is 918. The van der Waals surface area contributed by atoms with Crippen LogP contribution in [0.2, 0.25) is 0 Å². The summed E-state index contributed by atoms with van der Waals surface area (Å²) in [5.74, 6) is 1.26. The molecule has 0 unspecified atom stereocenters. The Kier molecular flexibility index (Phi) is 4.69. The number of carbonyl (C=O) groups is 1. The van der Waals surface area contributed by atoms with Gasteiger partial charge in [-0.15, -0.1) is 0 Å². The SMILES string of the molecule is Cc1cc(C(=O)N2CCC[C@@H](Cc3ccc4ncccc4c3)CC2)no1.